The van der Waals surface area contributed by atoms with Gasteiger partial charge in [0.1, 0.15) is 0 Å². The molecule has 92 valence electrons. The number of nitrogens with zero attached hydrogens (tertiary/aromatic N) is 1. The SMILES string of the molecule is O=C(O)C[C@@H]1CCN(CCc2ccccc2)C1. The molecule has 1 aromatic carbocycles. The Hall–Kier alpha value is -1.35. The topological polar surface area (TPSA) is 40.5 Å². The van der Waals surface area contributed by atoms with E-state index in [1.54, 1.807) is 0 Å². The maximum absolute atomic E-state index is 10.6. The first-order valence-electron chi connectivity index (χ1n) is 6.22. The zero-order chi connectivity index (χ0) is 12.1. The molecule has 1 aliphatic heterocycles. The lowest BCUT2D eigenvalue weighted by Crippen LogP contribution is -2.23. The quantitative estimate of drug-likeness (QED) is 0.846. The van der Waals surface area contributed by atoms with Crippen molar-refractivity contribution in [1.82, 2.24) is 4.90 Å². The molecule has 0 aliphatic carbocycles. The molecule has 0 amide bonds. The van der Waals surface area contributed by atoms with Crippen LogP contribution in [0.15, 0.2) is 30.3 Å². The number of rotatable bonds is 5. The third kappa shape index (κ3) is 3.86. The van der Waals surface area contributed by atoms with Crippen molar-refractivity contribution in [3.8, 4) is 0 Å². The van der Waals surface area contributed by atoms with E-state index in [-0.39, 0.29) is 0 Å². The van der Waals surface area contributed by atoms with E-state index in [2.05, 4.69) is 29.2 Å². The van der Waals surface area contributed by atoms with Crippen LogP contribution in [0.5, 0.6) is 0 Å². The van der Waals surface area contributed by atoms with Gasteiger partial charge in [-0.15, -0.1) is 0 Å². The number of hydrogen-bond acceptors (Lipinski definition) is 2. The Balaban J connectivity index is 1.73. The van der Waals surface area contributed by atoms with Crippen LogP contribution < -0.4 is 0 Å². The Morgan fingerprint density at radius 3 is 2.82 bits per heavy atom. The summed E-state index contributed by atoms with van der Waals surface area (Å²) in [6.07, 6.45) is 2.41. The third-order valence-corrected chi connectivity index (χ3v) is 3.39. The molecule has 0 bridgehead atoms. The molecule has 1 fully saturated rings. The second-order valence-electron chi connectivity index (χ2n) is 4.79. The van der Waals surface area contributed by atoms with Gasteiger partial charge in [-0.3, -0.25) is 4.79 Å². The van der Waals surface area contributed by atoms with Crippen LogP contribution in [0.25, 0.3) is 0 Å². The summed E-state index contributed by atoms with van der Waals surface area (Å²) >= 11 is 0. The summed E-state index contributed by atoms with van der Waals surface area (Å²) in [5.74, 6) is -0.316. The van der Waals surface area contributed by atoms with Crippen molar-refractivity contribution in [1.29, 1.82) is 0 Å². The monoisotopic (exact) mass is 233 g/mol. The number of carboxylic acid groups (broad SMARTS) is 1. The van der Waals surface area contributed by atoms with Crippen LogP contribution in [-0.4, -0.2) is 35.6 Å². The van der Waals surface area contributed by atoms with Gasteiger partial charge in [0.15, 0.2) is 0 Å². The van der Waals surface area contributed by atoms with E-state index in [0.29, 0.717) is 12.3 Å². The van der Waals surface area contributed by atoms with Crippen LogP contribution in [0.4, 0.5) is 0 Å². The smallest absolute Gasteiger partial charge is 0.303 e. The fourth-order valence-corrected chi connectivity index (χ4v) is 2.46. The largest absolute Gasteiger partial charge is 0.481 e. The van der Waals surface area contributed by atoms with Crippen LogP contribution in [-0.2, 0) is 11.2 Å². The predicted molar refractivity (Wildman–Crippen MR) is 66.9 cm³/mol. The zero-order valence-electron chi connectivity index (χ0n) is 10.0. The molecule has 17 heavy (non-hydrogen) atoms. The van der Waals surface area contributed by atoms with Crippen molar-refractivity contribution in [2.75, 3.05) is 19.6 Å². The fourth-order valence-electron chi connectivity index (χ4n) is 2.46. The highest BCUT2D eigenvalue weighted by Crippen LogP contribution is 2.19. The Labute approximate surface area is 102 Å². The molecule has 0 spiro atoms. The van der Waals surface area contributed by atoms with E-state index in [0.717, 1.165) is 32.5 Å². The first-order valence-corrected chi connectivity index (χ1v) is 6.22. The van der Waals surface area contributed by atoms with E-state index in [1.807, 2.05) is 6.07 Å². The first kappa shape index (κ1) is 12.1. The minimum absolute atomic E-state index is 0.321. The predicted octanol–water partition coefficient (Wildman–Crippen LogP) is 2.03. The molecule has 1 atom stereocenters. The lowest BCUT2D eigenvalue weighted by Gasteiger charge is -2.15. The van der Waals surface area contributed by atoms with Gasteiger partial charge in [-0.05, 0) is 30.9 Å². The van der Waals surface area contributed by atoms with Crippen molar-refractivity contribution in [2.45, 2.75) is 19.3 Å². The molecule has 1 saturated heterocycles. The molecular weight excluding hydrogens is 214 g/mol. The van der Waals surface area contributed by atoms with E-state index in [9.17, 15) is 4.79 Å². The van der Waals surface area contributed by atoms with Crippen LogP contribution in [0.3, 0.4) is 0 Å². The molecule has 1 aromatic rings. The summed E-state index contributed by atoms with van der Waals surface area (Å²) < 4.78 is 0. The van der Waals surface area contributed by atoms with Gasteiger partial charge in [-0.2, -0.15) is 0 Å². The molecule has 1 aliphatic rings. The molecule has 3 heteroatoms. The minimum Gasteiger partial charge on any atom is -0.481 e. The zero-order valence-corrected chi connectivity index (χ0v) is 10.0. The summed E-state index contributed by atoms with van der Waals surface area (Å²) in [5, 5.41) is 8.75. The highest BCUT2D eigenvalue weighted by atomic mass is 16.4. The summed E-state index contributed by atoms with van der Waals surface area (Å²) in [6, 6.07) is 10.4. The van der Waals surface area contributed by atoms with Crippen LogP contribution in [0, 0.1) is 5.92 Å². The van der Waals surface area contributed by atoms with Gasteiger partial charge in [0.25, 0.3) is 0 Å². The highest BCUT2D eigenvalue weighted by molar-refractivity contribution is 5.67. The van der Waals surface area contributed by atoms with E-state index < -0.39 is 5.97 Å². The van der Waals surface area contributed by atoms with Gasteiger partial charge in [0.05, 0.1) is 0 Å². The van der Waals surface area contributed by atoms with Crippen molar-refractivity contribution >= 4 is 5.97 Å². The maximum atomic E-state index is 10.6. The average Bonchev–Trinajstić information content (AvgIpc) is 2.75. The highest BCUT2D eigenvalue weighted by Gasteiger charge is 2.23. The van der Waals surface area contributed by atoms with Crippen molar-refractivity contribution < 1.29 is 9.90 Å². The first-order chi connectivity index (χ1) is 8.24. The van der Waals surface area contributed by atoms with Crippen molar-refractivity contribution in [3.05, 3.63) is 35.9 Å². The lowest BCUT2D eigenvalue weighted by atomic mass is 10.1. The number of likely N-dealkylation sites (tertiary alicyclic amines) is 1. The Kier molecular flexibility index (Phi) is 4.15. The lowest BCUT2D eigenvalue weighted by molar-refractivity contribution is -0.138. The number of carbonyl (C=O) groups is 1. The van der Waals surface area contributed by atoms with Crippen LogP contribution in [0.1, 0.15) is 18.4 Å². The molecule has 1 heterocycles. The average molecular weight is 233 g/mol. The molecule has 0 saturated carbocycles. The molecule has 0 aromatic heterocycles. The number of carboxylic acids is 1. The summed E-state index contributed by atoms with van der Waals surface area (Å²) in [7, 11) is 0. The Morgan fingerprint density at radius 1 is 1.35 bits per heavy atom. The van der Waals surface area contributed by atoms with E-state index in [1.165, 1.54) is 5.56 Å². The summed E-state index contributed by atoms with van der Waals surface area (Å²) in [6.45, 7) is 3.03. The van der Waals surface area contributed by atoms with Gasteiger partial charge < -0.3 is 10.0 Å². The maximum Gasteiger partial charge on any atom is 0.303 e. The summed E-state index contributed by atoms with van der Waals surface area (Å²) in [5.41, 5.74) is 1.36. The number of aliphatic carboxylic acids is 1. The van der Waals surface area contributed by atoms with Gasteiger partial charge in [0, 0.05) is 19.5 Å². The summed E-state index contributed by atoms with van der Waals surface area (Å²) in [4.78, 5) is 13.0. The van der Waals surface area contributed by atoms with Gasteiger partial charge in [-0.1, -0.05) is 30.3 Å². The van der Waals surface area contributed by atoms with Crippen LogP contribution >= 0.6 is 0 Å². The standard InChI is InChI=1S/C14H19NO2/c16-14(17)10-13-7-9-15(11-13)8-6-12-4-2-1-3-5-12/h1-5,13H,6-11H2,(H,16,17)/t13-/m0/s1. The molecule has 3 nitrogen and oxygen atoms in total. The second kappa shape index (κ2) is 5.82. The molecule has 2 rings (SSSR count). The molecule has 1 N–H and O–H groups in total. The van der Waals surface area contributed by atoms with Gasteiger partial charge >= 0.3 is 5.97 Å². The molecule has 0 unspecified atom stereocenters. The van der Waals surface area contributed by atoms with E-state index in [4.69, 9.17) is 5.11 Å². The third-order valence-electron chi connectivity index (χ3n) is 3.39. The number of hydrogen-bond donors (Lipinski definition) is 1. The van der Waals surface area contributed by atoms with Gasteiger partial charge in [0.2, 0.25) is 0 Å². The molecule has 0 radical (unpaired) electrons. The second-order valence-corrected chi connectivity index (χ2v) is 4.79. The Bertz CT molecular complexity index is 364. The van der Waals surface area contributed by atoms with Crippen molar-refractivity contribution in [3.63, 3.8) is 0 Å². The fraction of sp³-hybridized carbons (Fsp3) is 0.500. The number of benzene rings is 1. The van der Waals surface area contributed by atoms with E-state index >= 15 is 0 Å². The van der Waals surface area contributed by atoms with Gasteiger partial charge in [-0.25, -0.2) is 0 Å². The van der Waals surface area contributed by atoms with Crippen LogP contribution in [0.2, 0.25) is 0 Å². The Morgan fingerprint density at radius 2 is 2.12 bits per heavy atom. The van der Waals surface area contributed by atoms with Crippen molar-refractivity contribution in [2.24, 2.45) is 5.92 Å². The minimum atomic E-state index is -0.667. The molecular formula is C14H19NO2. The normalized spacial score (nSPS) is 20.6.